The number of aliphatic hydroxyl groups is 1. The second-order valence-electron chi connectivity index (χ2n) is 5.00. The summed E-state index contributed by atoms with van der Waals surface area (Å²) in [5.74, 6) is 1.04. The van der Waals surface area contributed by atoms with Crippen molar-refractivity contribution in [2.24, 2.45) is 0 Å². The molecule has 5 heteroatoms. The highest BCUT2D eigenvalue weighted by Gasteiger charge is 2.25. The summed E-state index contributed by atoms with van der Waals surface area (Å²) in [4.78, 5) is 6.97. The van der Waals surface area contributed by atoms with Crippen LogP contribution in [0.2, 0.25) is 5.02 Å². The van der Waals surface area contributed by atoms with Gasteiger partial charge >= 0.3 is 0 Å². The van der Waals surface area contributed by atoms with Gasteiger partial charge in [-0.3, -0.25) is 4.90 Å². The van der Waals surface area contributed by atoms with Gasteiger partial charge in [-0.15, -0.1) is 0 Å². The molecule has 0 amide bonds. The van der Waals surface area contributed by atoms with Gasteiger partial charge < -0.3 is 9.67 Å². The molecule has 2 aromatic rings. The van der Waals surface area contributed by atoms with Gasteiger partial charge in [0, 0.05) is 19.1 Å². The van der Waals surface area contributed by atoms with Crippen LogP contribution in [0, 0.1) is 0 Å². The minimum absolute atomic E-state index is 0.206. The molecule has 0 bridgehead atoms. The lowest BCUT2D eigenvalue weighted by Crippen LogP contribution is -2.42. The second-order valence-corrected chi connectivity index (χ2v) is 5.41. The summed E-state index contributed by atoms with van der Waals surface area (Å²) in [5.41, 5.74) is 2.00. The number of nitrogens with zero attached hydrogens (tertiary/aromatic N) is 3. The third-order valence-corrected chi connectivity index (χ3v) is 4.26. The first-order valence-electron chi connectivity index (χ1n) is 6.73. The van der Waals surface area contributed by atoms with E-state index in [1.165, 1.54) is 0 Å². The normalized spacial score (nSPS) is 17.6. The quantitative estimate of drug-likeness (QED) is 0.937. The monoisotopic (exact) mass is 279 g/mol. The van der Waals surface area contributed by atoms with Gasteiger partial charge in [0.05, 0.1) is 29.2 Å². The first kappa shape index (κ1) is 12.9. The average molecular weight is 280 g/mol. The Kier molecular flexibility index (Phi) is 3.48. The standard InChI is InChI=1S/C14H18ClN3O/c1-2-10(9-19)17-6-7-18-13(8-17)16-12-5-3-4-11(15)14(12)18/h3-5,10,19H,2,6-9H2,1H3. The fourth-order valence-corrected chi connectivity index (χ4v) is 3.13. The van der Waals surface area contributed by atoms with Crippen molar-refractivity contribution < 1.29 is 5.11 Å². The number of rotatable bonds is 3. The lowest BCUT2D eigenvalue weighted by molar-refractivity contribution is 0.0945. The maximum Gasteiger partial charge on any atom is 0.124 e. The SMILES string of the molecule is CCC(CO)N1CCn2c(nc3cccc(Cl)c32)C1. The molecule has 102 valence electrons. The number of imidazole rings is 1. The Bertz CT molecular complexity index is 592. The molecule has 1 aromatic carbocycles. The minimum Gasteiger partial charge on any atom is -0.395 e. The van der Waals surface area contributed by atoms with E-state index in [1.807, 2.05) is 18.2 Å². The number of para-hydroxylation sites is 1. The van der Waals surface area contributed by atoms with Gasteiger partial charge in [0.15, 0.2) is 0 Å². The van der Waals surface area contributed by atoms with E-state index in [2.05, 4.69) is 21.4 Å². The van der Waals surface area contributed by atoms with Gasteiger partial charge in [-0.1, -0.05) is 24.6 Å². The van der Waals surface area contributed by atoms with Crippen LogP contribution in [0.1, 0.15) is 19.2 Å². The van der Waals surface area contributed by atoms with Gasteiger partial charge in [0.25, 0.3) is 0 Å². The summed E-state index contributed by atoms with van der Waals surface area (Å²) in [6.45, 7) is 4.91. The summed E-state index contributed by atoms with van der Waals surface area (Å²) in [7, 11) is 0. The lowest BCUT2D eigenvalue weighted by Gasteiger charge is -2.33. The highest BCUT2D eigenvalue weighted by molar-refractivity contribution is 6.35. The van der Waals surface area contributed by atoms with E-state index in [4.69, 9.17) is 11.6 Å². The molecule has 0 aliphatic carbocycles. The van der Waals surface area contributed by atoms with Gasteiger partial charge in [-0.2, -0.15) is 0 Å². The van der Waals surface area contributed by atoms with Gasteiger partial charge in [-0.25, -0.2) is 4.98 Å². The third-order valence-electron chi connectivity index (χ3n) is 3.95. The Labute approximate surface area is 117 Å². The molecule has 3 rings (SSSR count). The summed E-state index contributed by atoms with van der Waals surface area (Å²) in [6, 6.07) is 6.07. The molecule has 0 saturated carbocycles. The molecule has 0 fully saturated rings. The maximum atomic E-state index is 9.42. The number of aromatic nitrogens is 2. The molecule has 1 aliphatic heterocycles. The van der Waals surface area contributed by atoms with Crippen LogP contribution in [0.4, 0.5) is 0 Å². The van der Waals surface area contributed by atoms with Crippen molar-refractivity contribution in [3.8, 4) is 0 Å². The van der Waals surface area contributed by atoms with Gasteiger partial charge in [-0.05, 0) is 18.6 Å². The van der Waals surface area contributed by atoms with Crippen LogP contribution >= 0.6 is 11.6 Å². The molecule has 4 nitrogen and oxygen atoms in total. The smallest absolute Gasteiger partial charge is 0.124 e. The van der Waals surface area contributed by atoms with Crippen molar-refractivity contribution in [2.45, 2.75) is 32.5 Å². The van der Waals surface area contributed by atoms with Crippen molar-refractivity contribution in [3.63, 3.8) is 0 Å². The van der Waals surface area contributed by atoms with Gasteiger partial charge in [0.1, 0.15) is 5.82 Å². The number of hydrogen-bond donors (Lipinski definition) is 1. The number of benzene rings is 1. The average Bonchev–Trinajstić information content (AvgIpc) is 2.79. The first-order valence-corrected chi connectivity index (χ1v) is 7.11. The summed E-state index contributed by atoms with van der Waals surface area (Å²) in [5, 5.41) is 10.2. The fraction of sp³-hybridized carbons (Fsp3) is 0.500. The molecule has 1 aliphatic rings. The zero-order chi connectivity index (χ0) is 13.4. The topological polar surface area (TPSA) is 41.3 Å². The predicted molar refractivity (Wildman–Crippen MR) is 76.3 cm³/mol. The Balaban J connectivity index is 1.98. The molecular formula is C14H18ClN3O. The molecule has 0 radical (unpaired) electrons. The Morgan fingerprint density at radius 2 is 2.26 bits per heavy atom. The number of fused-ring (bicyclic) bond motifs is 3. The third kappa shape index (κ3) is 2.14. The number of hydrogen-bond acceptors (Lipinski definition) is 3. The van der Waals surface area contributed by atoms with E-state index >= 15 is 0 Å². The molecule has 0 saturated heterocycles. The van der Waals surface area contributed by atoms with E-state index < -0.39 is 0 Å². The van der Waals surface area contributed by atoms with E-state index in [-0.39, 0.29) is 12.6 Å². The van der Waals surface area contributed by atoms with Crippen molar-refractivity contribution in [1.29, 1.82) is 0 Å². The van der Waals surface area contributed by atoms with Crippen LogP contribution < -0.4 is 0 Å². The zero-order valence-corrected chi connectivity index (χ0v) is 11.8. The summed E-state index contributed by atoms with van der Waals surface area (Å²) >= 11 is 6.27. The van der Waals surface area contributed by atoms with Crippen LogP contribution in [0.25, 0.3) is 11.0 Å². The number of halogens is 1. The molecule has 2 heterocycles. The van der Waals surface area contributed by atoms with Gasteiger partial charge in [0.2, 0.25) is 0 Å². The van der Waals surface area contributed by atoms with Crippen LogP contribution in [0.3, 0.4) is 0 Å². The molecule has 1 unspecified atom stereocenters. The summed E-state index contributed by atoms with van der Waals surface area (Å²) in [6.07, 6.45) is 0.956. The lowest BCUT2D eigenvalue weighted by atomic mass is 10.2. The van der Waals surface area contributed by atoms with Crippen LogP contribution in [-0.4, -0.2) is 38.8 Å². The maximum absolute atomic E-state index is 9.42. The Morgan fingerprint density at radius 3 is 3.00 bits per heavy atom. The number of aliphatic hydroxyl groups excluding tert-OH is 1. The first-order chi connectivity index (χ1) is 9.24. The van der Waals surface area contributed by atoms with Crippen LogP contribution in [0.5, 0.6) is 0 Å². The van der Waals surface area contributed by atoms with Crippen molar-refractivity contribution >= 4 is 22.6 Å². The molecular weight excluding hydrogens is 262 g/mol. The van der Waals surface area contributed by atoms with E-state index in [0.717, 1.165) is 47.9 Å². The van der Waals surface area contributed by atoms with Crippen molar-refractivity contribution in [2.75, 3.05) is 13.2 Å². The zero-order valence-electron chi connectivity index (χ0n) is 11.0. The van der Waals surface area contributed by atoms with E-state index in [1.54, 1.807) is 0 Å². The summed E-state index contributed by atoms with van der Waals surface area (Å²) < 4.78 is 2.21. The van der Waals surface area contributed by atoms with E-state index in [0.29, 0.717) is 0 Å². The predicted octanol–water partition coefficient (Wildman–Crippen LogP) is 2.28. The Hall–Kier alpha value is -1.10. The van der Waals surface area contributed by atoms with Crippen molar-refractivity contribution in [1.82, 2.24) is 14.5 Å². The van der Waals surface area contributed by atoms with Crippen molar-refractivity contribution in [3.05, 3.63) is 29.0 Å². The largest absolute Gasteiger partial charge is 0.395 e. The highest BCUT2D eigenvalue weighted by atomic mass is 35.5. The molecule has 1 atom stereocenters. The van der Waals surface area contributed by atoms with Crippen LogP contribution in [-0.2, 0) is 13.1 Å². The fourth-order valence-electron chi connectivity index (χ4n) is 2.85. The van der Waals surface area contributed by atoms with Crippen LogP contribution in [0.15, 0.2) is 18.2 Å². The molecule has 1 aromatic heterocycles. The minimum atomic E-state index is 0.206. The molecule has 19 heavy (non-hydrogen) atoms. The Morgan fingerprint density at radius 1 is 1.42 bits per heavy atom. The molecule has 1 N–H and O–H groups in total. The van der Waals surface area contributed by atoms with E-state index in [9.17, 15) is 5.11 Å². The molecule has 0 spiro atoms. The second kappa shape index (κ2) is 5.12. The highest BCUT2D eigenvalue weighted by Crippen LogP contribution is 2.27.